The van der Waals surface area contributed by atoms with Crippen molar-refractivity contribution in [1.29, 1.82) is 0 Å². The number of methoxy groups -OCH3 is 1. The van der Waals surface area contributed by atoms with Gasteiger partial charge in [-0.15, -0.1) is 0 Å². The lowest BCUT2D eigenvalue weighted by Gasteiger charge is -2.38. The number of rotatable bonds is 12. The molecule has 200 valence electrons. The van der Waals surface area contributed by atoms with Crippen LogP contribution in [0.2, 0.25) is 0 Å². The summed E-state index contributed by atoms with van der Waals surface area (Å²) < 4.78 is 11.7. The van der Waals surface area contributed by atoms with Crippen molar-refractivity contribution >= 4 is 5.97 Å². The number of likely N-dealkylation sites (tertiary alicyclic amines) is 1. The highest BCUT2D eigenvalue weighted by molar-refractivity contribution is 5.66. The fourth-order valence-electron chi connectivity index (χ4n) is 5.85. The number of aliphatic hydroxyl groups is 1. The van der Waals surface area contributed by atoms with Gasteiger partial charge in [-0.2, -0.15) is 0 Å². The van der Waals surface area contributed by atoms with Crippen LogP contribution in [0.25, 0.3) is 11.1 Å². The lowest BCUT2D eigenvalue weighted by molar-refractivity contribution is -0.136. The van der Waals surface area contributed by atoms with E-state index in [0.717, 1.165) is 48.4 Å². The fraction of sp³-hybridized carbons (Fsp3) is 0.516. The Morgan fingerprint density at radius 2 is 1.62 bits per heavy atom. The van der Waals surface area contributed by atoms with Gasteiger partial charge in [0.2, 0.25) is 0 Å². The lowest BCUT2D eigenvalue weighted by atomic mass is 9.92. The number of carboxylic acids is 1. The Bertz CT molecular complexity index is 997. The fourth-order valence-corrected chi connectivity index (χ4v) is 5.85. The third-order valence-electron chi connectivity index (χ3n) is 7.80. The van der Waals surface area contributed by atoms with E-state index in [0.29, 0.717) is 19.4 Å². The number of allylic oxidation sites excluding steroid dienone is 2. The first-order valence-electron chi connectivity index (χ1n) is 13.7. The van der Waals surface area contributed by atoms with Crippen LogP contribution in [0.4, 0.5) is 0 Å². The maximum Gasteiger partial charge on any atom is 0.303 e. The summed E-state index contributed by atoms with van der Waals surface area (Å²) in [4.78, 5) is 13.2. The predicted molar refractivity (Wildman–Crippen MR) is 146 cm³/mol. The zero-order chi connectivity index (χ0) is 26.0. The second kappa shape index (κ2) is 13.8. The number of carbonyl (C=O) groups is 1. The molecule has 37 heavy (non-hydrogen) atoms. The Balaban J connectivity index is 1.37. The Kier molecular flexibility index (Phi) is 10.2. The van der Waals surface area contributed by atoms with Crippen molar-refractivity contribution in [2.24, 2.45) is 5.92 Å². The minimum atomic E-state index is -0.765. The highest BCUT2D eigenvalue weighted by Gasteiger charge is 2.45. The molecule has 0 bridgehead atoms. The van der Waals surface area contributed by atoms with Crippen LogP contribution in [0.3, 0.4) is 0 Å². The van der Waals surface area contributed by atoms with Gasteiger partial charge in [0.1, 0.15) is 5.75 Å². The molecule has 6 heteroatoms. The van der Waals surface area contributed by atoms with E-state index in [1.807, 2.05) is 18.2 Å². The number of benzene rings is 2. The first kappa shape index (κ1) is 27.4. The van der Waals surface area contributed by atoms with Gasteiger partial charge in [0.05, 0.1) is 25.9 Å². The number of aliphatic carboxylic acids is 1. The van der Waals surface area contributed by atoms with Crippen LogP contribution < -0.4 is 4.74 Å². The summed E-state index contributed by atoms with van der Waals surface area (Å²) in [5.41, 5.74) is 3.42. The smallest absolute Gasteiger partial charge is 0.303 e. The number of hydrogen-bond acceptors (Lipinski definition) is 5. The Hall–Kier alpha value is -2.67. The summed E-state index contributed by atoms with van der Waals surface area (Å²) >= 11 is 0. The maximum atomic E-state index is 11.1. The van der Waals surface area contributed by atoms with Gasteiger partial charge in [-0.3, -0.25) is 9.69 Å². The van der Waals surface area contributed by atoms with Crippen LogP contribution >= 0.6 is 0 Å². The van der Waals surface area contributed by atoms with Crippen LogP contribution in [-0.2, 0) is 16.1 Å². The van der Waals surface area contributed by atoms with Crippen molar-refractivity contribution in [3.05, 3.63) is 66.2 Å². The number of nitrogens with zero attached hydrogens (tertiary/aromatic N) is 1. The number of piperidine rings is 1. The van der Waals surface area contributed by atoms with Gasteiger partial charge in [-0.1, -0.05) is 55.0 Å². The van der Waals surface area contributed by atoms with Gasteiger partial charge < -0.3 is 19.7 Å². The minimum absolute atomic E-state index is 0.00982. The van der Waals surface area contributed by atoms with Crippen molar-refractivity contribution in [3.8, 4) is 16.9 Å². The summed E-state index contributed by atoms with van der Waals surface area (Å²) in [7, 11) is 1.67. The van der Waals surface area contributed by atoms with Crippen molar-refractivity contribution < 1.29 is 24.5 Å². The number of carboxylic acid groups (broad SMARTS) is 1. The summed E-state index contributed by atoms with van der Waals surface area (Å²) in [6, 6.07) is 16.7. The Morgan fingerprint density at radius 3 is 2.27 bits per heavy atom. The highest BCUT2D eigenvalue weighted by atomic mass is 16.5. The Morgan fingerprint density at radius 1 is 0.973 bits per heavy atom. The predicted octanol–water partition coefficient (Wildman–Crippen LogP) is 5.68. The molecule has 1 saturated carbocycles. The molecule has 0 spiro atoms. The molecule has 6 nitrogen and oxygen atoms in total. The molecule has 2 aliphatic rings. The van der Waals surface area contributed by atoms with Crippen molar-refractivity contribution in [2.45, 2.75) is 76.2 Å². The zero-order valence-electron chi connectivity index (χ0n) is 21.9. The van der Waals surface area contributed by atoms with E-state index in [9.17, 15) is 9.90 Å². The zero-order valence-corrected chi connectivity index (χ0v) is 21.9. The first-order valence-corrected chi connectivity index (χ1v) is 13.7. The van der Waals surface area contributed by atoms with Crippen LogP contribution in [-0.4, -0.2) is 59.5 Å². The lowest BCUT2D eigenvalue weighted by Crippen LogP contribution is -2.47. The first-order chi connectivity index (χ1) is 18.0. The number of hydrogen-bond donors (Lipinski definition) is 2. The molecule has 2 N–H and O–H groups in total. The normalized spacial score (nSPS) is 24.5. The van der Waals surface area contributed by atoms with Crippen molar-refractivity contribution in [3.63, 3.8) is 0 Å². The molecule has 4 atom stereocenters. The SMILES string of the molecule is COc1ccc(-c2ccc(COC3CC(O)C(N4CCCCC4)C3CC/C=C/CCC(=O)O)cc2)cc1. The third-order valence-corrected chi connectivity index (χ3v) is 7.80. The molecule has 2 aromatic carbocycles. The van der Waals surface area contributed by atoms with Crippen molar-refractivity contribution in [1.82, 2.24) is 4.90 Å². The topological polar surface area (TPSA) is 79.2 Å². The van der Waals surface area contributed by atoms with E-state index < -0.39 is 5.97 Å². The molecule has 1 aliphatic heterocycles. The summed E-state index contributed by atoms with van der Waals surface area (Å²) in [6.45, 7) is 2.62. The summed E-state index contributed by atoms with van der Waals surface area (Å²) in [5, 5.41) is 19.9. The molecule has 1 saturated heterocycles. The van der Waals surface area contributed by atoms with E-state index in [1.54, 1.807) is 7.11 Å². The standard InChI is InChI=1S/C31H41NO5/c1-36-26-17-15-25(16-18-26)24-13-11-23(12-14-24)22-37-29-21-28(33)31(32-19-7-4-8-20-32)27(29)9-5-2-3-6-10-30(34)35/h2-3,11-18,27-29,31,33H,4-10,19-22H2,1H3,(H,34,35)/b3-2+. The molecule has 1 heterocycles. The monoisotopic (exact) mass is 507 g/mol. The quantitative estimate of drug-likeness (QED) is 0.360. The molecule has 1 aliphatic carbocycles. The molecule has 2 fully saturated rings. The molecule has 0 amide bonds. The average Bonchev–Trinajstić information content (AvgIpc) is 3.24. The summed E-state index contributed by atoms with van der Waals surface area (Å²) in [5.74, 6) is 0.343. The van der Waals surface area contributed by atoms with E-state index in [2.05, 4.69) is 47.4 Å². The molecule has 0 radical (unpaired) electrons. The van der Waals surface area contributed by atoms with Gasteiger partial charge in [-0.25, -0.2) is 0 Å². The molecule has 4 rings (SSSR count). The minimum Gasteiger partial charge on any atom is -0.497 e. The molecule has 4 unspecified atom stereocenters. The number of ether oxygens (including phenoxy) is 2. The average molecular weight is 508 g/mol. The molecular weight excluding hydrogens is 466 g/mol. The Labute approximate surface area is 220 Å². The van der Waals surface area contributed by atoms with Crippen LogP contribution in [0.5, 0.6) is 5.75 Å². The molecule has 2 aromatic rings. The largest absolute Gasteiger partial charge is 0.497 e. The van der Waals surface area contributed by atoms with E-state index in [4.69, 9.17) is 14.6 Å². The van der Waals surface area contributed by atoms with Gasteiger partial charge >= 0.3 is 5.97 Å². The van der Waals surface area contributed by atoms with Crippen LogP contribution in [0.1, 0.15) is 56.9 Å². The van der Waals surface area contributed by atoms with E-state index in [-0.39, 0.29) is 30.6 Å². The third kappa shape index (κ3) is 7.67. The van der Waals surface area contributed by atoms with Crippen LogP contribution in [0, 0.1) is 5.92 Å². The second-order valence-corrected chi connectivity index (χ2v) is 10.3. The molecular formula is C31H41NO5. The highest BCUT2D eigenvalue weighted by Crippen LogP contribution is 2.38. The van der Waals surface area contributed by atoms with Crippen molar-refractivity contribution in [2.75, 3.05) is 20.2 Å². The van der Waals surface area contributed by atoms with Gasteiger partial charge in [0.15, 0.2) is 0 Å². The summed E-state index contributed by atoms with van der Waals surface area (Å²) in [6.07, 6.45) is 10.5. The second-order valence-electron chi connectivity index (χ2n) is 10.3. The van der Waals surface area contributed by atoms with Crippen LogP contribution in [0.15, 0.2) is 60.7 Å². The van der Waals surface area contributed by atoms with E-state index in [1.165, 1.54) is 19.3 Å². The van der Waals surface area contributed by atoms with Gasteiger partial charge in [0.25, 0.3) is 0 Å². The van der Waals surface area contributed by atoms with Gasteiger partial charge in [0, 0.05) is 24.8 Å². The van der Waals surface area contributed by atoms with E-state index >= 15 is 0 Å². The number of aliphatic hydroxyl groups excluding tert-OH is 1. The molecule has 0 aromatic heterocycles. The van der Waals surface area contributed by atoms with Gasteiger partial charge in [-0.05, 0) is 74.0 Å². The maximum absolute atomic E-state index is 11.1.